The van der Waals surface area contributed by atoms with Crippen molar-refractivity contribution in [1.29, 1.82) is 0 Å². The number of hydrogen-bond donors (Lipinski definition) is 2. The molecule has 2 aromatic carbocycles. The number of halogens is 3. The third-order valence-electron chi connectivity index (χ3n) is 9.31. The molecule has 0 unspecified atom stereocenters. The molecule has 3 aliphatic rings. The number of anilines is 5. The van der Waals surface area contributed by atoms with E-state index in [0.717, 1.165) is 57.8 Å². The molecule has 0 radical (unpaired) electrons. The molecule has 0 spiro atoms. The molecular weight excluding hydrogens is 674 g/mol. The van der Waals surface area contributed by atoms with Crippen LogP contribution in [0.3, 0.4) is 0 Å². The maximum atomic E-state index is 15.1. The molecule has 2 N–H and O–H groups in total. The minimum Gasteiger partial charge on any atom is -0.494 e. The number of ether oxygens (including phenoxy) is 1. The summed E-state index contributed by atoms with van der Waals surface area (Å²) in [6.07, 6.45) is 5.02. The number of carbonyl (C=O) groups is 2. The van der Waals surface area contributed by atoms with Crippen molar-refractivity contribution in [1.82, 2.24) is 19.8 Å². The summed E-state index contributed by atoms with van der Waals surface area (Å²) >= 11 is 12.1. The first-order valence-corrected chi connectivity index (χ1v) is 17.0. The molecule has 49 heavy (non-hydrogen) atoms. The molecule has 15 heteroatoms. The molecular formula is C34H39Cl2FN8O4. The van der Waals surface area contributed by atoms with E-state index in [2.05, 4.69) is 37.0 Å². The summed E-state index contributed by atoms with van der Waals surface area (Å²) in [4.78, 5) is 45.6. The minimum atomic E-state index is -0.599. The van der Waals surface area contributed by atoms with Gasteiger partial charge in [0.25, 0.3) is 0 Å². The van der Waals surface area contributed by atoms with Crippen LogP contribution in [0.15, 0.2) is 49.3 Å². The van der Waals surface area contributed by atoms with Crippen molar-refractivity contribution in [3.05, 3.63) is 70.7 Å². The van der Waals surface area contributed by atoms with Gasteiger partial charge in [0, 0.05) is 76.4 Å². The number of carbonyl (C=O) groups excluding carboxylic acids is 2. The molecule has 1 atom stereocenters. The highest BCUT2D eigenvalue weighted by molar-refractivity contribution is 6.42. The van der Waals surface area contributed by atoms with E-state index in [1.165, 1.54) is 12.4 Å². The Balaban J connectivity index is 1.21. The van der Waals surface area contributed by atoms with Gasteiger partial charge in [-0.2, -0.15) is 0 Å². The summed E-state index contributed by atoms with van der Waals surface area (Å²) in [5.41, 5.74) is 2.33. The highest BCUT2D eigenvalue weighted by Crippen LogP contribution is 2.41. The van der Waals surface area contributed by atoms with Gasteiger partial charge in [0.2, 0.25) is 11.8 Å². The summed E-state index contributed by atoms with van der Waals surface area (Å²) < 4.78 is 20.9. The van der Waals surface area contributed by atoms with Gasteiger partial charge >= 0.3 is 0 Å². The third-order valence-corrected chi connectivity index (χ3v) is 10.1. The molecule has 0 aliphatic carbocycles. The molecule has 3 saturated heterocycles. The second-order valence-electron chi connectivity index (χ2n) is 12.1. The van der Waals surface area contributed by atoms with Gasteiger partial charge in [-0.15, -0.1) is 0 Å². The second-order valence-corrected chi connectivity index (χ2v) is 12.9. The Labute approximate surface area is 294 Å². The standard InChI is InChI=1S/C34H39Cl2FN8O4/c1-4-32(47)41-25-17-26(29(48-3)18-28(25)44-10-7-22(8-11-44)43-14-12-42(13-15-43)21(2)46)40-30-19-31(39-20-38-30)45-27(9-16-49-45)23-5-6-24(35)33(36)34(23)37/h4-6,17-20,22,27H,1,7-16H2,2-3H3,(H,41,47)(H,38,39,40)/t27-/m1/s1. The monoisotopic (exact) mass is 712 g/mol. The summed E-state index contributed by atoms with van der Waals surface area (Å²) in [5.74, 6) is 0.562. The van der Waals surface area contributed by atoms with E-state index in [4.69, 9.17) is 32.8 Å². The average molecular weight is 714 g/mol. The summed E-state index contributed by atoms with van der Waals surface area (Å²) in [6.45, 7) is 10.4. The normalized spacial score (nSPS) is 18.8. The smallest absolute Gasteiger partial charge is 0.247 e. The van der Waals surface area contributed by atoms with Crippen LogP contribution in [0.1, 0.15) is 37.8 Å². The Bertz CT molecular complexity index is 1720. The number of hydrogen-bond acceptors (Lipinski definition) is 10. The van der Waals surface area contributed by atoms with Crippen molar-refractivity contribution in [2.75, 3.05) is 73.6 Å². The van der Waals surface area contributed by atoms with Gasteiger partial charge in [-0.1, -0.05) is 35.8 Å². The number of amides is 2. The molecule has 6 rings (SSSR count). The molecule has 2 amide bonds. The molecule has 0 bridgehead atoms. The quantitative estimate of drug-likeness (QED) is 0.208. The number of methoxy groups -OCH3 is 1. The molecule has 260 valence electrons. The lowest BCUT2D eigenvalue weighted by molar-refractivity contribution is -0.131. The van der Waals surface area contributed by atoms with Crippen LogP contribution in [0.5, 0.6) is 5.75 Å². The zero-order valence-corrected chi connectivity index (χ0v) is 28.9. The van der Waals surface area contributed by atoms with Gasteiger partial charge < -0.3 is 25.2 Å². The van der Waals surface area contributed by atoms with Crippen molar-refractivity contribution in [2.24, 2.45) is 0 Å². The van der Waals surface area contributed by atoms with Crippen LogP contribution >= 0.6 is 23.2 Å². The first-order valence-electron chi connectivity index (χ1n) is 16.2. The lowest BCUT2D eigenvalue weighted by Crippen LogP contribution is -2.54. The van der Waals surface area contributed by atoms with E-state index in [-0.39, 0.29) is 21.9 Å². The van der Waals surface area contributed by atoms with Crippen LogP contribution in [0, 0.1) is 5.82 Å². The van der Waals surface area contributed by atoms with Crippen molar-refractivity contribution in [3.63, 3.8) is 0 Å². The maximum absolute atomic E-state index is 15.1. The SMILES string of the molecule is C=CC(=O)Nc1cc(Nc2cc(N3OCC[C@@H]3c3ccc(Cl)c(Cl)c3F)ncn2)c(OC)cc1N1CCC(N2CCN(C(C)=O)CC2)CC1. The number of piperazine rings is 1. The Morgan fingerprint density at radius 3 is 2.49 bits per heavy atom. The predicted octanol–water partition coefficient (Wildman–Crippen LogP) is 5.82. The van der Waals surface area contributed by atoms with E-state index in [1.54, 1.807) is 37.3 Å². The zero-order valence-electron chi connectivity index (χ0n) is 27.4. The average Bonchev–Trinajstić information content (AvgIpc) is 3.61. The number of aromatic nitrogens is 2. The largest absolute Gasteiger partial charge is 0.494 e. The minimum absolute atomic E-state index is 0.126. The maximum Gasteiger partial charge on any atom is 0.247 e. The highest BCUT2D eigenvalue weighted by atomic mass is 35.5. The molecule has 4 heterocycles. The van der Waals surface area contributed by atoms with Gasteiger partial charge in [0.05, 0.1) is 46.9 Å². The van der Waals surface area contributed by atoms with Gasteiger partial charge in [-0.25, -0.2) is 19.4 Å². The van der Waals surface area contributed by atoms with Crippen LogP contribution in [0.25, 0.3) is 0 Å². The molecule has 1 aromatic heterocycles. The van der Waals surface area contributed by atoms with Gasteiger partial charge in [0.15, 0.2) is 5.82 Å². The summed E-state index contributed by atoms with van der Waals surface area (Å²) in [7, 11) is 1.58. The van der Waals surface area contributed by atoms with E-state index in [9.17, 15) is 9.59 Å². The first kappa shape index (κ1) is 34.7. The van der Waals surface area contributed by atoms with Crippen LogP contribution < -0.4 is 25.3 Å². The lowest BCUT2D eigenvalue weighted by Gasteiger charge is -2.43. The van der Waals surface area contributed by atoms with Crippen molar-refractivity contribution < 1.29 is 23.6 Å². The van der Waals surface area contributed by atoms with Crippen LogP contribution in [0.4, 0.5) is 33.1 Å². The molecule has 3 fully saturated rings. The Kier molecular flexibility index (Phi) is 10.7. The number of benzene rings is 2. The fraction of sp³-hybridized carbons (Fsp3) is 0.412. The number of rotatable bonds is 9. The Morgan fingerprint density at radius 1 is 1.04 bits per heavy atom. The fourth-order valence-electron chi connectivity index (χ4n) is 6.70. The second kappa shape index (κ2) is 15.2. The molecule has 3 aliphatic heterocycles. The van der Waals surface area contributed by atoms with Gasteiger partial charge in [-0.05, 0) is 31.1 Å². The molecule has 3 aromatic rings. The van der Waals surface area contributed by atoms with E-state index in [1.807, 2.05) is 17.0 Å². The van der Waals surface area contributed by atoms with Crippen LogP contribution in [0.2, 0.25) is 10.0 Å². The van der Waals surface area contributed by atoms with Gasteiger partial charge in [0.1, 0.15) is 23.7 Å². The van der Waals surface area contributed by atoms with Crippen molar-refractivity contribution in [3.8, 4) is 5.75 Å². The van der Waals surface area contributed by atoms with E-state index in [0.29, 0.717) is 53.4 Å². The van der Waals surface area contributed by atoms with Crippen LogP contribution in [-0.4, -0.2) is 90.6 Å². The van der Waals surface area contributed by atoms with E-state index < -0.39 is 11.9 Å². The summed E-state index contributed by atoms with van der Waals surface area (Å²) in [6, 6.07) is 8.50. The third kappa shape index (κ3) is 7.54. The Morgan fingerprint density at radius 2 is 1.80 bits per heavy atom. The predicted molar refractivity (Wildman–Crippen MR) is 188 cm³/mol. The number of piperidine rings is 1. The first-order chi connectivity index (χ1) is 23.7. The Hall–Kier alpha value is -4.17. The van der Waals surface area contributed by atoms with Gasteiger partial charge in [-0.3, -0.25) is 19.3 Å². The molecule has 12 nitrogen and oxygen atoms in total. The van der Waals surface area contributed by atoms with Crippen LogP contribution in [-0.2, 0) is 14.4 Å². The fourth-order valence-corrected chi connectivity index (χ4v) is 7.02. The molecule has 0 saturated carbocycles. The number of hydroxylamine groups is 1. The van der Waals surface area contributed by atoms with Crippen molar-refractivity contribution >= 4 is 63.7 Å². The number of nitrogens with one attached hydrogen (secondary N) is 2. The van der Waals surface area contributed by atoms with E-state index >= 15 is 4.39 Å². The topological polar surface area (TPSA) is 115 Å². The number of nitrogens with zero attached hydrogens (tertiary/aromatic N) is 6. The highest BCUT2D eigenvalue weighted by Gasteiger charge is 2.33. The summed E-state index contributed by atoms with van der Waals surface area (Å²) in [5, 5.41) is 7.79. The lowest BCUT2D eigenvalue weighted by atomic mass is 10.0. The zero-order chi connectivity index (χ0) is 34.7. The van der Waals surface area contributed by atoms with Crippen molar-refractivity contribution in [2.45, 2.75) is 38.3 Å².